The molecule has 0 aliphatic rings. The molecule has 0 radical (unpaired) electrons. The van der Waals surface area contributed by atoms with Crippen molar-refractivity contribution in [2.75, 3.05) is 6.54 Å². The lowest BCUT2D eigenvalue weighted by molar-refractivity contribution is 0.0925. The molecule has 0 aliphatic carbocycles. The molecule has 0 spiro atoms. The van der Waals surface area contributed by atoms with Gasteiger partial charge in [-0.2, -0.15) is 0 Å². The Balaban J connectivity index is 2.32. The number of carbonyl (C=O) groups is 1. The van der Waals surface area contributed by atoms with Gasteiger partial charge in [-0.15, -0.1) is 0 Å². The molecule has 0 bridgehead atoms. The summed E-state index contributed by atoms with van der Waals surface area (Å²) in [7, 11) is 1.91. The van der Waals surface area contributed by atoms with Crippen molar-refractivity contribution >= 4 is 16.8 Å². The average Bonchev–Trinajstić information content (AvgIpc) is 2.65. The number of benzene rings is 1. The number of aliphatic hydroxyl groups excluding tert-OH is 1. The Morgan fingerprint density at radius 2 is 2.18 bits per heavy atom. The summed E-state index contributed by atoms with van der Waals surface area (Å²) in [6.45, 7) is 1.91. The molecule has 0 saturated heterocycles. The van der Waals surface area contributed by atoms with Gasteiger partial charge in [0.15, 0.2) is 0 Å². The molecule has 2 aromatic rings. The first-order chi connectivity index (χ1) is 8.09. The summed E-state index contributed by atoms with van der Waals surface area (Å²) in [4.78, 5) is 11.9. The monoisotopic (exact) mass is 232 g/mol. The first-order valence-corrected chi connectivity index (χ1v) is 5.60. The molecule has 0 aliphatic heterocycles. The summed E-state index contributed by atoms with van der Waals surface area (Å²) in [5.74, 6) is -0.150. The van der Waals surface area contributed by atoms with Crippen LogP contribution >= 0.6 is 0 Å². The molecule has 2 rings (SSSR count). The minimum Gasteiger partial charge on any atom is -0.392 e. The smallest absolute Gasteiger partial charge is 0.253 e. The largest absolute Gasteiger partial charge is 0.392 e. The highest BCUT2D eigenvalue weighted by atomic mass is 16.3. The van der Waals surface area contributed by atoms with E-state index in [4.69, 9.17) is 5.11 Å². The van der Waals surface area contributed by atoms with Crippen molar-refractivity contribution in [1.29, 1.82) is 0 Å². The number of rotatable bonds is 3. The summed E-state index contributed by atoms with van der Waals surface area (Å²) >= 11 is 0. The Hall–Kier alpha value is -1.81. The van der Waals surface area contributed by atoms with E-state index in [1.807, 2.05) is 42.1 Å². The quantitative estimate of drug-likeness (QED) is 0.837. The second-order valence-electron chi connectivity index (χ2n) is 4.23. The highest BCUT2D eigenvalue weighted by Gasteiger charge is 2.13. The molecule has 1 atom stereocenters. The van der Waals surface area contributed by atoms with Crippen LogP contribution in [0.1, 0.15) is 17.3 Å². The number of carbonyl (C=O) groups excluding carboxylic acids is 1. The van der Waals surface area contributed by atoms with Crippen LogP contribution in [-0.2, 0) is 7.05 Å². The molecule has 1 aromatic heterocycles. The van der Waals surface area contributed by atoms with Gasteiger partial charge in [0.05, 0.1) is 11.7 Å². The van der Waals surface area contributed by atoms with E-state index in [2.05, 4.69) is 5.32 Å². The van der Waals surface area contributed by atoms with E-state index >= 15 is 0 Å². The van der Waals surface area contributed by atoms with Crippen molar-refractivity contribution in [3.05, 3.63) is 36.0 Å². The third-order valence-corrected chi connectivity index (χ3v) is 2.70. The minimum atomic E-state index is -0.533. The summed E-state index contributed by atoms with van der Waals surface area (Å²) in [5.41, 5.74) is 1.67. The lowest BCUT2D eigenvalue weighted by Crippen LogP contribution is -2.30. The highest BCUT2D eigenvalue weighted by molar-refractivity contribution is 6.06. The Morgan fingerprint density at radius 1 is 1.47 bits per heavy atom. The van der Waals surface area contributed by atoms with Crippen molar-refractivity contribution < 1.29 is 9.90 Å². The van der Waals surface area contributed by atoms with Crippen LogP contribution in [0, 0.1) is 0 Å². The summed E-state index contributed by atoms with van der Waals surface area (Å²) in [5, 5.41) is 12.8. The molecular formula is C13H16N2O2. The first kappa shape index (κ1) is 11.7. The van der Waals surface area contributed by atoms with E-state index < -0.39 is 6.10 Å². The summed E-state index contributed by atoms with van der Waals surface area (Å²) in [6, 6.07) is 7.75. The lowest BCUT2D eigenvalue weighted by Gasteiger charge is -2.05. The van der Waals surface area contributed by atoms with Gasteiger partial charge in [-0.05, 0) is 13.0 Å². The molecule has 1 aromatic carbocycles. The standard InChI is InChI=1S/C13H16N2O2/c1-9(16)7-14-13(17)11-8-15(2)12-6-4-3-5-10(11)12/h3-6,8-9,16H,7H2,1-2H3,(H,14,17)/t9-/m0/s1. The first-order valence-electron chi connectivity index (χ1n) is 5.60. The van der Waals surface area contributed by atoms with Gasteiger partial charge in [0.2, 0.25) is 0 Å². The maximum absolute atomic E-state index is 11.9. The van der Waals surface area contributed by atoms with E-state index in [0.717, 1.165) is 10.9 Å². The Labute approximate surface area is 99.9 Å². The molecule has 1 amide bonds. The van der Waals surface area contributed by atoms with E-state index in [-0.39, 0.29) is 12.5 Å². The van der Waals surface area contributed by atoms with Crippen LogP contribution in [0.2, 0.25) is 0 Å². The number of nitrogens with zero attached hydrogens (tertiary/aromatic N) is 1. The van der Waals surface area contributed by atoms with E-state index in [0.29, 0.717) is 5.56 Å². The van der Waals surface area contributed by atoms with E-state index in [1.165, 1.54) is 0 Å². The van der Waals surface area contributed by atoms with Crippen LogP contribution in [0.4, 0.5) is 0 Å². The number of aryl methyl sites for hydroxylation is 1. The fraction of sp³-hybridized carbons (Fsp3) is 0.308. The van der Waals surface area contributed by atoms with Crippen LogP contribution in [0.5, 0.6) is 0 Å². The zero-order valence-corrected chi connectivity index (χ0v) is 9.97. The van der Waals surface area contributed by atoms with Gasteiger partial charge < -0.3 is 15.0 Å². The number of nitrogens with one attached hydrogen (secondary N) is 1. The molecule has 0 unspecified atom stereocenters. The molecule has 1 heterocycles. The van der Waals surface area contributed by atoms with Gasteiger partial charge in [-0.3, -0.25) is 4.79 Å². The molecule has 2 N–H and O–H groups in total. The van der Waals surface area contributed by atoms with Crippen LogP contribution in [-0.4, -0.2) is 28.2 Å². The Kier molecular flexibility index (Phi) is 3.15. The zero-order valence-electron chi connectivity index (χ0n) is 9.97. The van der Waals surface area contributed by atoms with Crippen molar-refractivity contribution in [1.82, 2.24) is 9.88 Å². The van der Waals surface area contributed by atoms with Gasteiger partial charge in [0.25, 0.3) is 5.91 Å². The number of hydrogen-bond donors (Lipinski definition) is 2. The van der Waals surface area contributed by atoms with Crippen LogP contribution < -0.4 is 5.32 Å². The molecule has 0 saturated carbocycles. The summed E-state index contributed by atoms with van der Waals surface area (Å²) < 4.78 is 1.92. The van der Waals surface area contributed by atoms with Crippen molar-refractivity contribution in [3.8, 4) is 0 Å². The SMILES string of the molecule is C[C@H](O)CNC(=O)c1cn(C)c2ccccc12. The zero-order chi connectivity index (χ0) is 12.4. The summed E-state index contributed by atoms with van der Waals surface area (Å²) in [6.07, 6.45) is 1.27. The van der Waals surface area contributed by atoms with Crippen LogP contribution in [0.3, 0.4) is 0 Å². The van der Waals surface area contributed by atoms with Crippen molar-refractivity contribution in [3.63, 3.8) is 0 Å². The second kappa shape index (κ2) is 4.59. The predicted octanol–water partition coefficient (Wildman–Crippen LogP) is 1.29. The fourth-order valence-electron chi connectivity index (χ4n) is 1.86. The molecule has 4 nitrogen and oxygen atoms in total. The number of amides is 1. The van der Waals surface area contributed by atoms with Crippen LogP contribution in [0.15, 0.2) is 30.5 Å². The number of fused-ring (bicyclic) bond motifs is 1. The molecule has 0 fully saturated rings. The van der Waals surface area contributed by atoms with E-state index in [1.54, 1.807) is 6.92 Å². The van der Waals surface area contributed by atoms with Gasteiger partial charge in [-0.1, -0.05) is 18.2 Å². The Morgan fingerprint density at radius 3 is 2.88 bits per heavy atom. The number of para-hydroxylation sites is 1. The fourth-order valence-corrected chi connectivity index (χ4v) is 1.86. The van der Waals surface area contributed by atoms with Crippen molar-refractivity contribution in [2.45, 2.75) is 13.0 Å². The molecule has 90 valence electrons. The number of aromatic nitrogens is 1. The number of aliphatic hydroxyl groups is 1. The van der Waals surface area contributed by atoms with Crippen LogP contribution in [0.25, 0.3) is 10.9 Å². The minimum absolute atomic E-state index is 0.150. The highest BCUT2D eigenvalue weighted by Crippen LogP contribution is 2.19. The third kappa shape index (κ3) is 2.31. The van der Waals surface area contributed by atoms with Crippen molar-refractivity contribution in [2.24, 2.45) is 7.05 Å². The number of hydrogen-bond acceptors (Lipinski definition) is 2. The second-order valence-corrected chi connectivity index (χ2v) is 4.23. The maximum atomic E-state index is 11.9. The Bertz CT molecular complexity index is 543. The van der Waals surface area contributed by atoms with Gasteiger partial charge >= 0.3 is 0 Å². The van der Waals surface area contributed by atoms with Gasteiger partial charge in [0.1, 0.15) is 0 Å². The normalized spacial score (nSPS) is 12.6. The predicted molar refractivity (Wildman–Crippen MR) is 66.9 cm³/mol. The molecule has 17 heavy (non-hydrogen) atoms. The van der Waals surface area contributed by atoms with Gasteiger partial charge in [0, 0.05) is 30.7 Å². The topological polar surface area (TPSA) is 54.3 Å². The maximum Gasteiger partial charge on any atom is 0.253 e. The van der Waals surface area contributed by atoms with E-state index in [9.17, 15) is 4.79 Å². The third-order valence-electron chi connectivity index (χ3n) is 2.70. The lowest BCUT2D eigenvalue weighted by atomic mass is 10.1. The van der Waals surface area contributed by atoms with Gasteiger partial charge in [-0.25, -0.2) is 0 Å². The molecule has 4 heteroatoms. The molecular weight excluding hydrogens is 216 g/mol. The average molecular weight is 232 g/mol.